The molecule has 2 fully saturated rings. The molecule has 0 unspecified atom stereocenters. The Bertz CT molecular complexity index is 590. The van der Waals surface area contributed by atoms with Gasteiger partial charge in [0, 0.05) is 13.6 Å². The Morgan fingerprint density at radius 2 is 1.86 bits per heavy atom. The molecule has 0 spiro atoms. The first-order chi connectivity index (χ1) is 10.7. The van der Waals surface area contributed by atoms with Crippen molar-refractivity contribution in [1.82, 2.24) is 9.80 Å². The van der Waals surface area contributed by atoms with Gasteiger partial charge in [-0.25, -0.2) is 0 Å². The van der Waals surface area contributed by atoms with Crippen LogP contribution in [-0.4, -0.2) is 34.4 Å². The molecule has 0 N–H and O–H groups in total. The van der Waals surface area contributed by atoms with E-state index in [0.717, 1.165) is 12.1 Å². The van der Waals surface area contributed by atoms with Gasteiger partial charge in [0.15, 0.2) is 5.11 Å². The molecule has 1 heterocycles. The summed E-state index contributed by atoms with van der Waals surface area (Å²) in [4.78, 5) is 16.4. The van der Waals surface area contributed by atoms with Gasteiger partial charge in [-0.05, 0) is 42.6 Å². The van der Waals surface area contributed by atoms with Gasteiger partial charge in [-0.2, -0.15) is 0 Å². The number of carbonyl (C=O) groups excluding carboxylic acids is 1. The molecule has 0 bridgehead atoms. The standard InChI is InChI=1S/C18H22N2OS/c1-19-16(12-14-8-4-2-5-9-14)17(21)20(18(19)22)13-15-10-6-3-7-11-15/h2,4-5,8-9,12,15H,3,6-7,10-11,13H2,1H3/b16-12+. The molecular formula is C18H22N2OS. The van der Waals surface area contributed by atoms with Gasteiger partial charge < -0.3 is 4.90 Å². The van der Waals surface area contributed by atoms with Crippen LogP contribution in [0.15, 0.2) is 36.0 Å². The number of thiocarbonyl (C=S) groups is 1. The SMILES string of the molecule is CN1C(=S)N(CC2CCCCC2)C(=O)/C1=C\c1ccccc1. The molecule has 1 saturated heterocycles. The monoisotopic (exact) mass is 314 g/mol. The summed E-state index contributed by atoms with van der Waals surface area (Å²) in [6, 6.07) is 9.93. The van der Waals surface area contributed by atoms with Crippen molar-refractivity contribution in [3.8, 4) is 0 Å². The Morgan fingerprint density at radius 3 is 2.55 bits per heavy atom. The molecule has 1 aliphatic carbocycles. The maximum absolute atomic E-state index is 12.7. The van der Waals surface area contributed by atoms with E-state index in [1.165, 1.54) is 32.1 Å². The van der Waals surface area contributed by atoms with Gasteiger partial charge in [0.25, 0.3) is 5.91 Å². The van der Waals surface area contributed by atoms with Crippen molar-refractivity contribution in [2.75, 3.05) is 13.6 Å². The van der Waals surface area contributed by atoms with Crippen molar-refractivity contribution in [3.63, 3.8) is 0 Å². The first kappa shape index (κ1) is 15.2. The van der Waals surface area contributed by atoms with Crippen LogP contribution >= 0.6 is 12.2 Å². The van der Waals surface area contributed by atoms with Gasteiger partial charge in [-0.1, -0.05) is 49.6 Å². The molecule has 22 heavy (non-hydrogen) atoms. The third-order valence-electron chi connectivity index (χ3n) is 4.61. The van der Waals surface area contributed by atoms with Crippen molar-refractivity contribution in [3.05, 3.63) is 41.6 Å². The van der Waals surface area contributed by atoms with Crippen LogP contribution in [0.25, 0.3) is 6.08 Å². The summed E-state index contributed by atoms with van der Waals surface area (Å²) < 4.78 is 0. The number of hydrogen-bond donors (Lipinski definition) is 0. The molecule has 1 aliphatic heterocycles. The van der Waals surface area contributed by atoms with Gasteiger partial charge in [-0.15, -0.1) is 0 Å². The van der Waals surface area contributed by atoms with Crippen LogP contribution in [0.5, 0.6) is 0 Å². The number of likely N-dealkylation sites (N-methyl/N-ethyl adjacent to an activating group) is 1. The zero-order valence-electron chi connectivity index (χ0n) is 13.0. The average Bonchev–Trinajstić information content (AvgIpc) is 2.75. The van der Waals surface area contributed by atoms with Crippen molar-refractivity contribution < 1.29 is 4.79 Å². The van der Waals surface area contributed by atoms with Crippen LogP contribution in [0.3, 0.4) is 0 Å². The van der Waals surface area contributed by atoms with Gasteiger partial charge in [-0.3, -0.25) is 9.69 Å². The Balaban J connectivity index is 1.78. The van der Waals surface area contributed by atoms with E-state index >= 15 is 0 Å². The molecular weight excluding hydrogens is 292 g/mol. The minimum Gasteiger partial charge on any atom is -0.317 e. The van der Waals surface area contributed by atoms with Gasteiger partial charge >= 0.3 is 0 Å². The van der Waals surface area contributed by atoms with Crippen LogP contribution in [-0.2, 0) is 4.79 Å². The van der Waals surface area contributed by atoms with Crippen molar-refractivity contribution in [1.29, 1.82) is 0 Å². The van der Waals surface area contributed by atoms with E-state index in [2.05, 4.69) is 0 Å². The summed E-state index contributed by atoms with van der Waals surface area (Å²) in [5.41, 5.74) is 1.70. The number of hydrogen-bond acceptors (Lipinski definition) is 2. The highest BCUT2D eigenvalue weighted by molar-refractivity contribution is 7.80. The molecule has 1 saturated carbocycles. The highest BCUT2D eigenvalue weighted by Gasteiger charge is 2.36. The minimum absolute atomic E-state index is 0.0435. The number of amides is 1. The predicted molar refractivity (Wildman–Crippen MR) is 93.1 cm³/mol. The fourth-order valence-electron chi connectivity index (χ4n) is 3.31. The largest absolute Gasteiger partial charge is 0.317 e. The zero-order valence-corrected chi connectivity index (χ0v) is 13.8. The summed E-state index contributed by atoms with van der Waals surface area (Å²) in [6.07, 6.45) is 8.25. The van der Waals surface area contributed by atoms with E-state index in [1.54, 1.807) is 4.90 Å². The maximum Gasteiger partial charge on any atom is 0.276 e. The van der Waals surface area contributed by atoms with Crippen LogP contribution in [0.2, 0.25) is 0 Å². The number of benzene rings is 1. The first-order valence-corrected chi connectivity index (χ1v) is 8.44. The lowest BCUT2D eigenvalue weighted by atomic mass is 9.89. The second-order valence-electron chi connectivity index (χ2n) is 6.20. The van der Waals surface area contributed by atoms with E-state index in [4.69, 9.17) is 12.2 Å². The van der Waals surface area contributed by atoms with Crippen LogP contribution < -0.4 is 0 Å². The van der Waals surface area contributed by atoms with Crippen molar-refractivity contribution in [2.24, 2.45) is 5.92 Å². The third kappa shape index (κ3) is 3.07. The van der Waals surface area contributed by atoms with Gasteiger partial charge in [0.05, 0.1) is 0 Å². The van der Waals surface area contributed by atoms with E-state index in [0.29, 0.717) is 16.7 Å². The fourth-order valence-corrected chi connectivity index (χ4v) is 3.56. The topological polar surface area (TPSA) is 23.6 Å². The number of carbonyl (C=O) groups is 1. The number of rotatable bonds is 3. The fraction of sp³-hybridized carbons (Fsp3) is 0.444. The summed E-state index contributed by atoms with van der Waals surface area (Å²) in [6.45, 7) is 0.772. The second kappa shape index (κ2) is 6.61. The van der Waals surface area contributed by atoms with Gasteiger partial charge in [0.1, 0.15) is 5.70 Å². The van der Waals surface area contributed by atoms with E-state index in [-0.39, 0.29) is 5.91 Å². The maximum atomic E-state index is 12.7. The summed E-state index contributed by atoms with van der Waals surface area (Å²) in [5.74, 6) is 0.641. The third-order valence-corrected chi connectivity index (χ3v) is 5.11. The molecule has 1 aromatic rings. The molecule has 116 valence electrons. The molecule has 3 nitrogen and oxygen atoms in total. The molecule has 4 heteroatoms. The summed E-state index contributed by atoms with van der Waals surface area (Å²) in [7, 11) is 1.88. The molecule has 2 aliphatic rings. The first-order valence-electron chi connectivity index (χ1n) is 8.03. The van der Waals surface area contributed by atoms with E-state index in [1.807, 2.05) is 48.4 Å². The highest BCUT2D eigenvalue weighted by atomic mass is 32.1. The molecule has 0 aromatic heterocycles. The van der Waals surface area contributed by atoms with Crippen molar-refractivity contribution >= 4 is 29.3 Å². The average molecular weight is 314 g/mol. The summed E-state index contributed by atoms with van der Waals surface area (Å²) in [5, 5.41) is 0.637. The van der Waals surface area contributed by atoms with Crippen LogP contribution in [0, 0.1) is 5.92 Å². The smallest absolute Gasteiger partial charge is 0.276 e. The highest BCUT2D eigenvalue weighted by Crippen LogP contribution is 2.28. The lowest BCUT2D eigenvalue weighted by Gasteiger charge is -2.26. The normalized spacial score (nSPS) is 22.0. The Morgan fingerprint density at radius 1 is 1.18 bits per heavy atom. The second-order valence-corrected chi connectivity index (χ2v) is 6.57. The predicted octanol–water partition coefficient (Wildman–Crippen LogP) is 3.67. The van der Waals surface area contributed by atoms with Crippen molar-refractivity contribution in [2.45, 2.75) is 32.1 Å². The van der Waals surface area contributed by atoms with Gasteiger partial charge in [0.2, 0.25) is 0 Å². The molecule has 0 radical (unpaired) electrons. The molecule has 1 aromatic carbocycles. The van der Waals surface area contributed by atoms with Crippen LogP contribution in [0.4, 0.5) is 0 Å². The summed E-state index contributed by atoms with van der Waals surface area (Å²) >= 11 is 5.49. The molecule has 3 rings (SSSR count). The lowest BCUT2D eigenvalue weighted by molar-refractivity contribution is -0.123. The Hall–Kier alpha value is -1.68. The Kier molecular flexibility index (Phi) is 4.57. The van der Waals surface area contributed by atoms with E-state index in [9.17, 15) is 4.79 Å². The zero-order chi connectivity index (χ0) is 15.5. The lowest BCUT2D eigenvalue weighted by Crippen LogP contribution is -2.36. The molecule has 0 atom stereocenters. The number of nitrogens with zero attached hydrogens (tertiary/aromatic N) is 2. The Labute approximate surface area is 137 Å². The van der Waals surface area contributed by atoms with Crippen LogP contribution in [0.1, 0.15) is 37.7 Å². The minimum atomic E-state index is 0.0435. The molecule has 1 amide bonds. The van der Waals surface area contributed by atoms with E-state index < -0.39 is 0 Å². The quantitative estimate of drug-likeness (QED) is 0.628.